The van der Waals surface area contributed by atoms with Gasteiger partial charge in [0.05, 0.1) is 19.3 Å². The molecule has 12 heteroatoms. The van der Waals surface area contributed by atoms with Crippen LogP contribution in [0.1, 0.15) is 17.2 Å². The molecule has 2 aliphatic rings. The monoisotopic (exact) mass is 475 g/mol. The van der Waals surface area contributed by atoms with E-state index in [1.165, 1.54) is 0 Å². The van der Waals surface area contributed by atoms with E-state index in [9.17, 15) is 35.7 Å². The van der Waals surface area contributed by atoms with Gasteiger partial charge >= 0.3 is 0 Å². The average Bonchev–Trinajstić information content (AvgIpc) is 2.82. The lowest BCUT2D eigenvalue weighted by molar-refractivity contribution is -0.335. The molecule has 0 amide bonds. The molecule has 2 aliphatic heterocycles. The van der Waals surface area contributed by atoms with Crippen LogP contribution >= 0.6 is 0 Å². The van der Waals surface area contributed by atoms with Gasteiger partial charge in [-0.2, -0.15) is 0 Å². The third-order valence-corrected chi connectivity index (χ3v) is 5.90. The highest BCUT2D eigenvalue weighted by Gasteiger charge is 2.47. The molecule has 1 aromatic carbocycles. The van der Waals surface area contributed by atoms with Crippen LogP contribution in [-0.2, 0) is 18.9 Å². The average molecular weight is 475 g/mol. The zero-order chi connectivity index (χ0) is 24.3. The number of aryl methyl sites for hydroxylation is 1. The van der Waals surface area contributed by atoms with Crippen molar-refractivity contribution in [3.63, 3.8) is 0 Å². The second-order valence-electron chi connectivity index (χ2n) is 8.32. The molecule has 2 heterocycles. The number of nitrogens with two attached hydrogens (primary N) is 1. The van der Waals surface area contributed by atoms with Gasteiger partial charge in [0.2, 0.25) is 0 Å². The van der Waals surface area contributed by atoms with Gasteiger partial charge in [0, 0.05) is 6.54 Å². The van der Waals surface area contributed by atoms with Crippen LogP contribution < -0.4 is 5.73 Å². The number of rotatable bonds is 8. The lowest BCUT2D eigenvalue weighted by Gasteiger charge is -2.43. The first-order valence-electron chi connectivity index (χ1n) is 10.7. The van der Waals surface area contributed by atoms with Crippen molar-refractivity contribution in [3.8, 4) is 0 Å². The second-order valence-corrected chi connectivity index (χ2v) is 8.32. The molecule has 0 saturated carbocycles. The predicted octanol–water partition coefficient (Wildman–Crippen LogP) is -3.36. The summed E-state index contributed by atoms with van der Waals surface area (Å²) in [6.07, 6.45) is -15.5. The zero-order valence-corrected chi connectivity index (χ0v) is 18.1. The number of hydrogen-bond acceptors (Lipinski definition) is 12. The van der Waals surface area contributed by atoms with Gasteiger partial charge in [-0.3, -0.25) is 0 Å². The molecule has 188 valence electrons. The van der Waals surface area contributed by atoms with Crippen molar-refractivity contribution in [1.82, 2.24) is 0 Å². The van der Waals surface area contributed by atoms with Crippen LogP contribution in [0.5, 0.6) is 0 Å². The standard InChI is InChI=1S/C21H33NO11/c1-9-2-4-10(5-3-9)11(6-22)31-21-19(29)17(27)15(25)13(33-21)8-30-20-18(28)16(26)14(24)12(7-23)32-20/h2-5,11-21,23-29H,6-8,22H2,1H3/t11?,12-,13-,14-,15-,16+,17+,18-,19-,20-,21-/m1/s1. The maximum absolute atomic E-state index is 10.4. The highest BCUT2D eigenvalue weighted by molar-refractivity contribution is 5.23. The van der Waals surface area contributed by atoms with E-state index in [1.807, 2.05) is 31.2 Å². The van der Waals surface area contributed by atoms with Gasteiger partial charge in [-0.05, 0) is 12.5 Å². The van der Waals surface area contributed by atoms with Gasteiger partial charge in [0.25, 0.3) is 0 Å². The van der Waals surface area contributed by atoms with E-state index < -0.39 is 80.7 Å². The Hall–Kier alpha value is -1.26. The molecule has 11 atom stereocenters. The summed E-state index contributed by atoms with van der Waals surface area (Å²) in [4.78, 5) is 0. The molecule has 0 radical (unpaired) electrons. The van der Waals surface area contributed by atoms with Gasteiger partial charge in [-0.15, -0.1) is 0 Å². The minimum atomic E-state index is -1.64. The number of ether oxygens (including phenoxy) is 4. The molecule has 12 nitrogen and oxygen atoms in total. The summed E-state index contributed by atoms with van der Waals surface area (Å²) in [5.74, 6) is 0. The lowest BCUT2D eigenvalue weighted by Crippen LogP contribution is -2.61. The van der Waals surface area contributed by atoms with Gasteiger partial charge in [-0.25, -0.2) is 0 Å². The van der Waals surface area contributed by atoms with Gasteiger partial charge in [-0.1, -0.05) is 29.8 Å². The summed E-state index contributed by atoms with van der Waals surface area (Å²) >= 11 is 0. The van der Waals surface area contributed by atoms with Gasteiger partial charge in [0.15, 0.2) is 12.6 Å². The summed E-state index contributed by atoms with van der Waals surface area (Å²) in [7, 11) is 0. The quantitative estimate of drug-likeness (QED) is 0.186. The molecule has 0 spiro atoms. The van der Waals surface area contributed by atoms with Crippen molar-refractivity contribution in [1.29, 1.82) is 0 Å². The second kappa shape index (κ2) is 11.4. The normalized spacial score (nSPS) is 40.5. The van der Waals surface area contributed by atoms with E-state index in [2.05, 4.69) is 0 Å². The number of aliphatic hydroxyl groups excluding tert-OH is 7. The molecule has 33 heavy (non-hydrogen) atoms. The summed E-state index contributed by atoms with van der Waals surface area (Å²) in [5, 5.41) is 70.0. The minimum Gasteiger partial charge on any atom is -0.394 e. The Bertz CT molecular complexity index is 735. The number of benzene rings is 1. The van der Waals surface area contributed by atoms with Crippen molar-refractivity contribution < 1.29 is 54.7 Å². The molecular weight excluding hydrogens is 442 g/mol. The molecule has 3 rings (SSSR count). The fourth-order valence-electron chi connectivity index (χ4n) is 3.77. The first kappa shape index (κ1) is 26.3. The summed E-state index contributed by atoms with van der Waals surface area (Å²) in [6.45, 7) is 0.910. The molecular formula is C21H33NO11. The van der Waals surface area contributed by atoms with Gasteiger partial charge in [0.1, 0.15) is 48.8 Å². The van der Waals surface area contributed by atoms with Crippen molar-refractivity contribution in [2.24, 2.45) is 5.73 Å². The number of aliphatic hydroxyl groups is 7. The van der Waals surface area contributed by atoms with E-state index in [0.29, 0.717) is 0 Å². The molecule has 0 aromatic heterocycles. The Morgan fingerprint density at radius 1 is 0.818 bits per heavy atom. The highest BCUT2D eigenvalue weighted by atomic mass is 16.7. The minimum absolute atomic E-state index is 0.0559. The van der Waals surface area contributed by atoms with E-state index >= 15 is 0 Å². The smallest absolute Gasteiger partial charge is 0.187 e. The Kier molecular flexibility index (Phi) is 9.14. The Labute approximate surface area is 190 Å². The van der Waals surface area contributed by atoms with E-state index in [1.54, 1.807) is 0 Å². The molecule has 0 bridgehead atoms. The third-order valence-electron chi connectivity index (χ3n) is 5.90. The summed E-state index contributed by atoms with van der Waals surface area (Å²) < 4.78 is 22.1. The fraction of sp³-hybridized carbons (Fsp3) is 0.714. The largest absolute Gasteiger partial charge is 0.394 e. The Morgan fingerprint density at radius 2 is 1.36 bits per heavy atom. The van der Waals surface area contributed by atoms with E-state index in [-0.39, 0.29) is 6.54 Å². The van der Waals surface area contributed by atoms with Crippen LogP contribution in [0.2, 0.25) is 0 Å². The zero-order valence-electron chi connectivity index (χ0n) is 18.1. The summed E-state index contributed by atoms with van der Waals surface area (Å²) in [5.41, 5.74) is 7.58. The van der Waals surface area contributed by atoms with Crippen molar-refractivity contribution in [3.05, 3.63) is 35.4 Å². The topological polar surface area (TPSA) is 205 Å². The Morgan fingerprint density at radius 3 is 1.94 bits per heavy atom. The van der Waals surface area contributed by atoms with Crippen LogP contribution in [0.4, 0.5) is 0 Å². The maximum Gasteiger partial charge on any atom is 0.187 e. The van der Waals surface area contributed by atoms with Crippen LogP contribution in [0.3, 0.4) is 0 Å². The Balaban J connectivity index is 1.65. The van der Waals surface area contributed by atoms with Crippen LogP contribution in [-0.4, -0.2) is 117 Å². The molecule has 0 aliphatic carbocycles. The van der Waals surface area contributed by atoms with Crippen LogP contribution in [0, 0.1) is 6.92 Å². The SMILES string of the molecule is Cc1ccc(C(CN)O[C@@H]2O[C@H](CO[C@@H]3O[C@H](CO)[C@@H](O)[C@H](O)[C@H]3O)[C@@H](O)[C@H](O)[C@H]2O)cc1. The molecule has 1 unspecified atom stereocenters. The molecule has 2 fully saturated rings. The van der Waals surface area contributed by atoms with Crippen LogP contribution in [0.15, 0.2) is 24.3 Å². The first-order valence-corrected chi connectivity index (χ1v) is 10.7. The lowest BCUT2D eigenvalue weighted by atomic mass is 9.98. The highest BCUT2D eigenvalue weighted by Crippen LogP contribution is 2.29. The fourth-order valence-corrected chi connectivity index (χ4v) is 3.77. The third kappa shape index (κ3) is 5.88. The number of hydrogen-bond donors (Lipinski definition) is 8. The van der Waals surface area contributed by atoms with E-state index in [0.717, 1.165) is 11.1 Å². The molecule has 2 saturated heterocycles. The van der Waals surface area contributed by atoms with Crippen LogP contribution in [0.25, 0.3) is 0 Å². The molecule has 9 N–H and O–H groups in total. The van der Waals surface area contributed by atoms with E-state index in [4.69, 9.17) is 24.7 Å². The van der Waals surface area contributed by atoms with Crippen molar-refractivity contribution in [2.75, 3.05) is 19.8 Å². The predicted molar refractivity (Wildman–Crippen MR) is 110 cm³/mol. The van der Waals surface area contributed by atoms with Crippen molar-refractivity contribution in [2.45, 2.75) is 74.4 Å². The van der Waals surface area contributed by atoms with Crippen molar-refractivity contribution >= 4 is 0 Å². The summed E-state index contributed by atoms with van der Waals surface area (Å²) in [6, 6.07) is 7.37. The maximum atomic E-state index is 10.4. The first-order chi connectivity index (χ1) is 15.7. The molecule has 1 aromatic rings. The van der Waals surface area contributed by atoms with Gasteiger partial charge < -0.3 is 60.4 Å².